The van der Waals surface area contributed by atoms with Gasteiger partial charge in [0.05, 0.1) is 7.11 Å². The molecule has 0 spiro atoms. The van der Waals surface area contributed by atoms with Crippen molar-refractivity contribution in [3.8, 4) is 5.75 Å². The van der Waals surface area contributed by atoms with Gasteiger partial charge in [0.2, 0.25) is 0 Å². The maximum absolute atomic E-state index is 5.17. The molecule has 4 heteroatoms. The zero-order chi connectivity index (χ0) is 14.5. The van der Waals surface area contributed by atoms with Crippen LogP contribution in [0.3, 0.4) is 0 Å². The van der Waals surface area contributed by atoms with Gasteiger partial charge in [-0.3, -0.25) is 0 Å². The highest BCUT2D eigenvalue weighted by Crippen LogP contribution is 2.27. The lowest BCUT2D eigenvalue weighted by Gasteiger charge is -2.17. The number of anilines is 1. The topological polar surface area (TPSA) is 21.3 Å². The van der Waals surface area contributed by atoms with E-state index in [1.165, 1.54) is 5.56 Å². The van der Waals surface area contributed by atoms with Crippen molar-refractivity contribution in [2.75, 3.05) is 12.4 Å². The van der Waals surface area contributed by atoms with Crippen LogP contribution in [0.4, 0.5) is 5.69 Å². The Morgan fingerprint density at radius 2 is 1.80 bits per heavy atom. The number of halogens is 2. The summed E-state index contributed by atoms with van der Waals surface area (Å²) in [6.07, 6.45) is 0.965. The molecule has 0 radical (unpaired) electrons. The Hall–Kier alpha value is -1.000. The summed E-state index contributed by atoms with van der Waals surface area (Å²) >= 11 is 7.03. The largest absolute Gasteiger partial charge is 0.497 e. The number of nitrogens with one attached hydrogen (secondary N) is 1. The van der Waals surface area contributed by atoms with Crippen LogP contribution < -0.4 is 10.1 Å². The van der Waals surface area contributed by atoms with Gasteiger partial charge in [0, 0.05) is 20.7 Å². The predicted molar refractivity (Wildman–Crippen MR) is 91.6 cm³/mol. The number of benzene rings is 2. The van der Waals surface area contributed by atoms with Crippen molar-refractivity contribution in [2.45, 2.75) is 19.4 Å². The quantitative estimate of drug-likeness (QED) is 0.741. The molecule has 0 amide bonds. The van der Waals surface area contributed by atoms with Crippen molar-refractivity contribution >= 4 is 37.5 Å². The minimum Gasteiger partial charge on any atom is -0.497 e. The molecule has 0 aliphatic carbocycles. The SMILES string of the molecule is COc1ccc(CC(C)Nc2ccc(Br)cc2Br)cc1. The van der Waals surface area contributed by atoms with E-state index in [9.17, 15) is 0 Å². The molecule has 0 aliphatic rings. The number of rotatable bonds is 5. The van der Waals surface area contributed by atoms with Crippen LogP contribution in [-0.2, 0) is 6.42 Å². The van der Waals surface area contributed by atoms with Gasteiger partial charge in [-0.1, -0.05) is 28.1 Å². The Kier molecular flexibility index (Phi) is 5.49. The van der Waals surface area contributed by atoms with Crippen LogP contribution in [0.15, 0.2) is 51.4 Å². The summed E-state index contributed by atoms with van der Waals surface area (Å²) in [5.74, 6) is 0.894. The minimum absolute atomic E-state index is 0.348. The molecule has 2 rings (SSSR count). The molecule has 0 saturated carbocycles. The number of hydrogen-bond acceptors (Lipinski definition) is 2. The number of methoxy groups -OCH3 is 1. The van der Waals surface area contributed by atoms with Gasteiger partial charge in [-0.25, -0.2) is 0 Å². The van der Waals surface area contributed by atoms with E-state index >= 15 is 0 Å². The average Bonchev–Trinajstić information content (AvgIpc) is 2.43. The van der Waals surface area contributed by atoms with Crippen molar-refractivity contribution < 1.29 is 4.74 Å². The fourth-order valence-electron chi connectivity index (χ4n) is 2.04. The van der Waals surface area contributed by atoms with Gasteiger partial charge < -0.3 is 10.1 Å². The molecule has 0 heterocycles. The van der Waals surface area contributed by atoms with Gasteiger partial charge in [0.1, 0.15) is 5.75 Å². The molecule has 1 atom stereocenters. The van der Waals surface area contributed by atoms with Gasteiger partial charge in [-0.2, -0.15) is 0 Å². The second kappa shape index (κ2) is 7.14. The van der Waals surface area contributed by atoms with Gasteiger partial charge in [0.25, 0.3) is 0 Å². The molecule has 1 N–H and O–H groups in total. The molecule has 20 heavy (non-hydrogen) atoms. The lowest BCUT2D eigenvalue weighted by Crippen LogP contribution is -2.18. The number of hydrogen-bond donors (Lipinski definition) is 1. The van der Waals surface area contributed by atoms with Crippen LogP contribution in [0, 0.1) is 0 Å². The van der Waals surface area contributed by atoms with Crippen LogP contribution in [0.1, 0.15) is 12.5 Å². The van der Waals surface area contributed by atoms with Crippen molar-refractivity contribution in [3.63, 3.8) is 0 Å². The van der Waals surface area contributed by atoms with Gasteiger partial charge in [-0.05, 0) is 65.2 Å². The zero-order valence-electron chi connectivity index (χ0n) is 11.5. The summed E-state index contributed by atoms with van der Waals surface area (Å²) in [6.45, 7) is 2.18. The van der Waals surface area contributed by atoms with Crippen molar-refractivity contribution in [2.24, 2.45) is 0 Å². The van der Waals surface area contributed by atoms with Crippen LogP contribution in [-0.4, -0.2) is 13.2 Å². The van der Waals surface area contributed by atoms with E-state index < -0.39 is 0 Å². The minimum atomic E-state index is 0.348. The second-order valence-electron chi connectivity index (χ2n) is 4.72. The molecule has 1 unspecified atom stereocenters. The van der Waals surface area contributed by atoms with E-state index in [2.05, 4.69) is 62.3 Å². The van der Waals surface area contributed by atoms with Crippen LogP contribution in [0.5, 0.6) is 5.75 Å². The summed E-state index contributed by atoms with van der Waals surface area (Å²) in [5.41, 5.74) is 2.40. The van der Waals surface area contributed by atoms with Crippen LogP contribution in [0.25, 0.3) is 0 Å². The maximum Gasteiger partial charge on any atom is 0.118 e. The molecular weight excluding hydrogens is 382 g/mol. The first kappa shape index (κ1) is 15.4. The summed E-state index contributed by atoms with van der Waals surface area (Å²) in [7, 11) is 1.68. The fraction of sp³-hybridized carbons (Fsp3) is 0.250. The van der Waals surface area contributed by atoms with E-state index in [-0.39, 0.29) is 0 Å². The molecule has 0 saturated heterocycles. The van der Waals surface area contributed by atoms with Gasteiger partial charge >= 0.3 is 0 Å². The maximum atomic E-state index is 5.17. The van der Waals surface area contributed by atoms with Crippen LogP contribution in [0.2, 0.25) is 0 Å². The molecule has 2 nitrogen and oxygen atoms in total. The Bertz CT molecular complexity index is 569. The smallest absolute Gasteiger partial charge is 0.118 e. The Morgan fingerprint density at radius 3 is 2.40 bits per heavy atom. The molecule has 0 fully saturated rings. The van der Waals surface area contributed by atoms with Crippen molar-refractivity contribution in [1.82, 2.24) is 0 Å². The Morgan fingerprint density at radius 1 is 1.10 bits per heavy atom. The molecule has 2 aromatic rings. The van der Waals surface area contributed by atoms with Crippen molar-refractivity contribution in [3.05, 3.63) is 57.0 Å². The highest BCUT2D eigenvalue weighted by molar-refractivity contribution is 9.11. The standard InChI is InChI=1S/C16H17Br2NO/c1-11(9-12-3-6-14(20-2)7-4-12)19-16-8-5-13(17)10-15(16)18/h3-8,10-11,19H,9H2,1-2H3. The van der Waals surface area contributed by atoms with Crippen LogP contribution >= 0.6 is 31.9 Å². The van der Waals surface area contributed by atoms with E-state index in [1.807, 2.05) is 24.3 Å². The molecule has 106 valence electrons. The third-order valence-electron chi connectivity index (χ3n) is 3.03. The lowest BCUT2D eigenvalue weighted by atomic mass is 10.1. The third-order valence-corrected chi connectivity index (χ3v) is 4.18. The van der Waals surface area contributed by atoms with Gasteiger partial charge in [-0.15, -0.1) is 0 Å². The average molecular weight is 399 g/mol. The second-order valence-corrected chi connectivity index (χ2v) is 6.49. The summed E-state index contributed by atoms with van der Waals surface area (Å²) in [6, 6.07) is 14.7. The molecule has 0 aromatic heterocycles. The summed E-state index contributed by atoms with van der Waals surface area (Å²) < 4.78 is 7.30. The summed E-state index contributed by atoms with van der Waals surface area (Å²) in [5, 5.41) is 3.52. The van der Waals surface area contributed by atoms with Crippen molar-refractivity contribution in [1.29, 1.82) is 0 Å². The van der Waals surface area contributed by atoms with Gasteiger partial charge in [0.15, 0.2) is 0 Å². The Labute approximate surface area is 136 Å². The normalized spacial score (nSPS) is 12.0. The van der Waals surface area contributed by atoms with E-state index in [0.717, 1.165) is 26.8 Å². The first-order chi connectivity index (χ1) is 9.58. The highest BCUT2D eigenvalue weighted by atomic mass is 79.9. The number of ether oxygens (including phenoxy) is 1. The molecular formula is C16H17Br2NO. The van der Waals surface area contributed by atoms with E-state index in [4.69, 9.17) is 4.74 Å². The first-order valence-corrected chi connectivity index (χ1v) is 8.01. The molecule has 2 aromatic carbocycles. The van der Waals surface area contributed by atoms with E-state index in [1.54, 1.807) is 7.11 Å². The summed E-state index contributed by atoms with van der Waals surface area (Å²) in [4.78, 5) is 0. The predicted octanol–water partition coefficient (Wildman–Crippen LogP) is 5.26. The molecule has 0 bridgehead atoms. The first-order valence-electron chi connectivity index (χ1n) is 6.43. The molecule has 0 aliphatic heterocycles. The third kappa shape index (κ3) is 4.25. The monoisotopic (exact) mass is 397 g/mol. The highest BCUT2D eigenvalue weighted by Gasteiger charge is 2.07. The zero-order valence-corrected chi connectivity index (χ0v) is 14.7. The van der Waals surface area contributed by atoms with E-state index in [0.29, 0.717) is 6.04 Å². The Balaban J connectivity index is 1.99. The lowest BCUT2D eigenvalue weighted by molar-refractivity contribution is 0.414. The fourth-order valence-corrected chi connectivity index (χ4v) is 3.20.